The second kappa shape index (κ2) is 6.91. The summed E-state index contributed by atoms with van der Waals surface area (Å²) in [5.41, 5.74) is 6.61. The second-order valence-corrected chi connectivity index (χ2v) is 6.32. The number of amides is 5. The zero-order valence-corrected chi connectivity index (χ0v) is 14.8. The first kappa shape index (κ1) is 18.1. The Hall–Kier alpha value is -3.68. The van der Waals surface area contributed by atoms with Crippen molar-refractivity contribution in [3.63, 3.8) is 0 Å². The number of urea groups is 1. The van der Waals surface area contributed by atoms with Crippen LogP contribution in [-0.2, 0) is 0 Å². The van der Waals surface area contributed by atoms with Crippen LogP contribution in [-0.4, -0.2) is 34.7 Å². The lowest BCUT2D eigenvalue weighted by Crippen LogP contribution is -2.35. The van der Waals surface area contributed by atoms with Crippen LogP contribution < -0.4 is 16.4 Å². The molecule has 0 unspecified atom stereocenters. The van der Waals surface area contributed by atoms with Gasteiger partial charge in [-0.25, -0.2) is 4.79 Å². The maximum absolute atomic E-state index is 12.4. The van der Waals surface area contributed by atoms with E-state index in [0.29, 0.717) is 11.3 Å². The van der Waals surface area contributed by atoms with Crippen LogP contribution in [0.3, 0.4) is 0 Å². The normalized spacial score (nSPS) is 12.9. The number of rotatable bonds is 4. The number of imide groups is 1. The SMILES string of the molecule is CC(C)N1C(=O)c2ccc(NC(=O)Nc3ccccc3C(N)=O)cc2C1=O. The number of carbonyl (C=O) groups excluding carboxylic acids is 4. The van der Waals surface area contributed by atoms with Crippen LogP contribution in [0.4, 0.5) is 16.2 Å². The lowest BCUT2D eigenvalue weighted by Gasteiger charge is -2.17. The molecular weight excluding hydrogens is 348 g/mol. The van der Waals surface area contributed by atoms with Gasteiger partial charge in [-0.1, -0.05) is 12.1 Å². The highest BCUT2D eigenvalue weighted by molar-refractivity contribution is 6.22. The fraction of sp³-hybridized carbons (Fsp3) is 0.158. The van der Waals surface area contributed by atoms with Crippen LogP contribution >= 0.6 is 0 Å². The average molecular weight is 366 g/mol. The van der Waals surface area contributed by atoms with Crippen molar-refractivity contribution >= 4 is 35.1 Å². The second-order valence-electron chi connectivity index (χ2n) is 6.32. The minimum absolute atomic E-state index is 0.176. The maximum atomic E-state index is 12.4. The van der Waals surface area contributed by atoms with E-state index in [4.69, 9.17) is 5.73 Å². The van der Waals surface area contributed by atoms with E-state index in [1.165, 1.54) is 29.2 Å². The summed E-state index contributed by atoms with van der Waals surface area (Å²) in [6.45, 7) is 3.51. The third-order valence-electron chi connectivity index (χ3n) is 4.13. The summed E-state index contributed by atoms with van der Waals surface area (Å²) in [6, 6.07) is 9.96. The van der Waals surface area contributed by atoms with Gasteiger partial charge in [0.1, 0.15) is 0 Å². The highest BCUT2D eigenvalue weighted by Crippen LogP contribution is 2.27. The topological polar surface area (TPSA) is 122 Å². The quantitative estimate of drug-likeness (QED) is 0.719. The first-order valence-corrected chi connectivity index (χ1v) is 8.28. The average Bonchev–Trinajstić information content (AvgIpc) is 2.85. The van der Waals surface area contributed by atoms with Crippen molar-refractivity contribution in [1.82, 2.24) is 4.90 Å². The first-order chi connectivity index (χ1) is 12.8. The molecule has 0 bridgehead atoms. The molecule has 4 N–H and O–H groups in total. The first-order valence-electron chi connectivity index (χ1n) is 8.28. The molecule has 0 atom stereocenters. The zero-order chi connectivity index (χ0) is 19.7. The Bertz CT molecular complexity index is 968. The molecule has 0 aromatic heterocycles. The predicted molar refractivity (Wildman–Crippen MR) is 99.7 cm³/mol. The Morgan fingerprint density at radius 3 is 2.30 bits per heavy atom. The Labute approximate surface area is 155 Å². The number of hydrogen-bond donors (Lipinski definition) is 3. The van der Waals surface area contributed by atoms with E-state index in [9.17, 15) is 19.2 Å². The number of para-hydroxylation sites is 1. The molecule has 5 amide bonds. The Morgan fingerprint density at radius 2 is 1.63 bits per heavy atom. The van der Waals surface area contributed by atoms with Gasteiger partial charge in [-0.3, -0.25) is 19.3 Å². The molecule has 0 aliphatic carbocycles. The summed E-state index contributed by atoms with van der Waals surface area (Å²) in [7, 11) is 0. The standard InChI is InChI=1S/C19H18N4O4/c1-10(2)23-17(25)12-8-7-11(9-14(12)18(23)26)21-19(27)22-15-6-4-3-5-13(15)16(20)24/h3-10H,1-2H3,(H2,20,24)(H2,21,22,27). The van der Waals surface area contributed by atoms with Gasteiger partial charge in [-0.15, -0.1) is 0 Å². The molecule has 138 valence electrons. The van der Waals surface area contributed by atoms with Crippen LogP contribution in [0.15, 0.2) is 42.5 Å². The molecular formula is C19H18N4O4. The van der Waals surface area contributed by atoms with Crippen LogP contribution in [0.1, 0.15) is 44.9 Å². The summed E-state index contributed by atoms with van der Waals surface area (Å²) < 4.78 is 0. The number of benzene rings is 2. The van der Waals surface area contributed by atoms with E-state index >= 15 is 0 Å². The molecule has 1 aliphatic heterocycles. The van der Waals surface area contributed by atoms with Gasteiger partial charge in [0, 0.05) is 11.7 Å². The zero-order valence-electron chi connectivity index (χ0n) is 14.8. The monoisotopic (exact) mass is 366 g/mol. The molecule has 0 radical (unpaired) electrons. The van der Waals surface area contributed by atoms with E-state index in [1.807, 2.05) is 0 Å². The number of carbonyl (C=O) groups is 4. The highest BCUT2D eigenvalue weighted by Gasteiger charge is 2.37. The van der Waals surface area contributed by atoms with Gasteiger partial charge < -0.3 is 16.4 Å². The van der Waals surface area contributed by atoms with E-state index in [-0.39, 0.29) is 28.8 Å². The lowest BCUT2D eigenvalue weighted by atomic mass is 10.1. The largest absolute Gasteiger partial charge is 0.366 e. The number of nitrogens with one attached hydrogen (secondary N) is 2. The molecule has 0 spiro atoms. The summed E-state index contributed by atoms with van der Waals surface area (Å²) in [4.78, 5) is 49.5. The van der Waals surface area contributed by atoms with Crippen LogP contribution in [0, 0.1) is 0 Å². The van der Waals surface area contributed by atoms with Crippen LogP contribution in [0.25, 0.3) is 0 Å². The molecule has 8 nitrogen and oxygen atoms in total. The van der Waals surface area contributed by atoms with Crippen molar-refractivity contribution in [2.75, 3.05) is 10.6 Å². The molecule has 3 rings (SSSR count). The summed E-state index contributed by atoms with van der Waals surface area (Å²) in [5, 5.41) is 5.12. The predicted octanol–water partition coefficient (Wildman–Crippen LogP) is 2.43. The van der Waals surface area contributed by atoms with Crippen molar-refractivity contribution < 1.29 is 19.2 Å². The van der Waals surface area contributed by atoms with Crippen molar-refractivity contribution in [2.45, 2.75) is 19.9 Å². The number of hydrogen-bond acceptors (Lipinski definition) is 4. The highest BCUT2D eigenvalue weighted by atomic mass is 16.2. The smallest absolute Gasteiger partial charge is 0.323 e. The van der Waals surface area contributed by atoms with Gasteiger partial charge in [-0.05, 0) is 44.2 Å². The molecule has 1 aliphatic rings. The summed E-state index contributed by atoms with van der Waals surface area (Å²) in [5.74, 6) is -1.41. The fourth-order valence-electron chi connectivity index (χ4n) is 2.90. The van der Waals surface area contributed by atoms with Crippen LogP contribution in [0.5, 0.6) is 0 Å². The van der Waals surface area contributed by atoms with Gasteiger partial charge in [0.05, 0.1) is 22.4 Å². The molecule has 0 saturated carbocycles. The van der Waals surface area contributed by atoms with Crippen molar-refractivity contribution in [1.29, 1.82) is 0 Å². The number of anilines is 2. The van der Waals surface area contributed by atoms with E-state index in [1.54, 1.807) is 32.0 Å². The van der Waals surface area contributed by atoms with Crippen molar-refractivity contribution in [2.24, 2.45) is 5.73 Å². The van der Waals surface area contributed by atoms with E-state index in [0.717, 1.165) is 0 Å². The third kappa shape index (κ3) is 3.37. The molecule has 0 saturated heterocycles. The van der Waals surface area contributed by atoms with Gasteiger partial charge in [0.15, 0.2) is 0 Å². The molecule has 2 aromatic carbocycles. The number of nitrogens with two attached hydrogens (primary N) is 1. The van der Waals surface area contributed by atoms with E-state index < -0.39 is 17.8 Å². The van der Waals surface area contributed by atoms with Gasteiger partial charge in [0.2, 0.25) is 0 Å². The van der Waals surface area contributed by atoms with Crippen LogP contribution in [0.2, 0.25) is 0 Å². The Balaban J connectivity index is 1.79. The minimum atomic E-state index is -0.665. The van der Waals surface area contributed by atoms with Crippen molar-refractivity contribution in [3.8, 4) is 0 Å². The fourth-order valence-corrected chi connectivity index (χ4v) is 2.90. The van der Waals surface area contributed by atoms with Gasteiger partial charge in [0.25, 0.3) is 17.7 Å². The molecule has 8 heteroatoms. The Morgan fingerprint density at radius 1 is 0.963 bits per heavy atom. The lowest BCUT2D eigenvalue weighted by molar-refractivity contribution is 0.0608. The third-order valence-corrected chi connectivity index (χ3v) is 4.13. The van der Waals surface area contributed by atoms with E-state index in [2.05, 4.69) is 10.6 Å². The van der Waals surface area contributed by atoms with Gasteiger partial charge >= 0.3 is 6.03 Å². The minimum Gasteiger partial charge on any atom is -0.366 e. The molecule has 2 aromatic rings. The Kier molecular flexibility index (Phi) is 4.64. The summed E-state index contributed by atoms with van der Waals surface area (Å²) in [6.07, 6.45) is 0. The number of nitrogens with zero attached hydrogens (tertiary/aromatic N) is 1. The molecule has 0 fully saturated rings. The number of primary amides is 1. The van der Waals surface area contributed by atoms with Gasteiger partial charge in [-0.2, -0.15) is 0 Å². The van der Waals surface area contributed by atoms with Crippen molar-refractivity contribution in [3.05, 3.63) is 59.2 Å². The summed E-state index contributed by atoms with van der Waals surface area (Å²) >= 11 is 0. The molecule has 1 heterocycles. The number of fused-ring (bicyclic) bond motifs is 1. The molecule has 27 heavy (non-hydrogen) atoms. The maximum Gasteiger partial charge on any atom is 0.323 e.